The molecular formula is C26H29N5O2. The van der Waals surface area contributed by atoms with Crippen LogP contribution < -0.4 is 16.1 Å². The van der Waals surface area contributed by atoms with Crippen LogP contribution in [-0.2, 0) is 33.0 Å². The molecule has 7 heteroatoms. The van der Waals surface area contributed by atoms with Gasteiger partial charge >= 0.3 is 5.69 Å². The summed E-state index contributed by atoms with van der Waals surface area (Å²) in [6.07, 6.45) is 3.44. The molecule has 0 spiro atoms. The van der Waals surface area contributed by atoms with Crippen molar-refractivity contribution in [2.24, 2.45) is 7.05 Å². The van der Waals surface area contributed by atoms with Crippen LogP contribution in [0.4, 0.5) is 11.6 Å². The van der Waals surface area contributed by atoms with Crippen LogP contribution >= 0.6 is 0 Å². The van der Waals surface area contributed by atoms with E-state index in [1.54, 1.807) is 7.05 Å². The van der Waals surface area contributed by atoms with Gasteiger partial charge < -0.3 is 9.47 Å². The van der Waals surface area contributed by atoms with Crippen LogP contribution in [0.3, 0.4) is 0 Å². The summed E-state index contributed by atoms with van der Waals surface area (Å²) in [7, 11) is 1.71. The largest absolute Gasteiger partial charge is 0.332 e. The summed E-state index contributed by atoms with van der Waals surface area (Å²) in [4.78, 5) is 33.4. The van der Waals surface area contributed by atoms with Crippen molar-refractivity contribution in [3.05, 3.63) is 86.6 Å². The van der Waals surface area contributed by atoms with Crippen LogP contribution in [0.2, 0.25) is 0 Å². The average Bonchev–Trinajstić information content (AvgIpc) is 3.26. The maximum Gasteiger partial charge on any atom is 0.332 e. The Morgan fingerprint density at radius 3 is 2.42 bits per heavy atom. The molecule has 0 aliphatic carbocycles. The van der Waals surface area contributed by atoms with E-state index >= 15 is 0 Å². The predicted octanol–water partition coefficient (Wildman–Crippen LogP) is 3.63. The molecule has 0 N–H and O–H groups in total. The van der Waals surface area contributed by atoms with Crippen LogP contribution in [0, 0.1) is 0 Å². The Bertz CT molecular complexity index is 1400. The van der Waals surface area contributed by atoms with E-state index in [0.29, 0.717) is 24.3 Å². The molecule has 0 amide bonds. The van der Waals surface area contributed by atoms with Crippen molar-refractivity contribution in [3.63, 3.8) is 0 Å². The van der Waals surface area contributed by atoms with Crippen molar-refractivity contribution >= 4 is 22.8 Å². The van der Waals surface area contributed by atoms with Crippen molar-refractivity contribution in [1.29, 1.82) is 0 Å². The Hall–Kier alpha value is -3.61. The van der Waals surface area contributed by atoms with Gasteiger partial charge in [-0.15, -0.1) is 0 Å². The molecule has 7 nitrogen and oxygen atoms in total. The molecule has 5 rings (SSSR count). The average molecular weight is 444 g/mol. The van der Waals surface area contributed by atoms with Crippen molar-refractivity contribution in [2.45, 2.75) is 45.7 Å². The van der Waals surface area contributed by atoms with Gasteiger partial charge in [0.15, 0.2) is 11.2 Å². The first-order valence-electron chi connectivity index (χ1n) is 11.7. The minimum absolute atomic E-state index is 0.247. The SMILES string of the molecule is CCc1ccc(N2CCCn3c2nc2c3c(=O)n(CCCc3ccccc3)c(=O)n2C)cc1. The van der Waals surface area contributed by atoms with Crippen molar-refractivity contribution in [1.82, 2.24) is 18.7 Å². The monoisotopic (exact) mass is 443 g/mol. The summed E-state index contributed by atoms with van der Waals surface area (Å²) in [5, 5.41) is 0. The third kappa shape index (κ3) is 3.77. The number of rotatable bonds is 6. The van der Waals surface area contributed by atoms with E-state index in [1.165, 1.54) is 20.3 Å². The molecule has 0 atom stereocenters. The fourth-order valence-corrected chi connectivity index (χ4v) is 4.70. The van der Waals surface area contributed by atoms with Gasteiger partial charge in [0.25, 0.3) is 5.56 Å². The second-order valence-corrected chi connectivity index (χ2v) is 8.65. The van der Waals surface area contributed by atoms with Gasteiger partial charge in [-0.05, 0) is 48.9 Å². The maximum absolute atomic E-state index is 13.5. The van der Waals surface area contributed by atoms with Crippen molar-refractivity contribution in [2.75, 3.05) is 11.4 Å². The summed E-state index contributed by atoms with van der Waals surface area (Å²) in [5.74, 6) is 0.731. The minimum atomic E-state index is -0.310. The van der Waals surface area contributed by atoms with Crippen molar-refractivity contribution < 1.29 is 0 Å². The number of fused-ring (bicyclic) bond motifs is 3. The molecule has 33 heavy (non-hydrogen) atoms. The van der Waals surface area contributed by atoms with Gasteiger partial charge in [0.1, 0.15) is 0 Å². The van der Waals surface area contributed by atoms with E-state index in [1.807, 2.05) is 22.8 Å². The standard InChI is InChI=1S/C26H29N5O2/c1-3-19-12-14-21(15-13-19)29-17-8-18-30-22-23(27-25(29)30)28(2)26(33)31(24(22)32)16-7-11-20-9-5-4-6-10-20/h4-6,9-10,12-15H,3,7-8,11,16-18H2,1-2H3. The molecule has 0 unspecified atom stereocenters. The lowest BCUT2D eigenvalue weighted by molar-refractivity contribution is 0.565. The van der Waals surface area contributed by atoms with E-state index in [4.69, 9.17) is 4.98 Å². The quantitative estimate of drug-likeness (QED) is 0.456. The molecule has 0 saturated heterocycles. The highest BCUT2D eigenvalue weighted by atomic mass is 16.2. The molecule has 3 heterocycles. The lowest BCUT2D eigenvalue weighted by Gasteiger charge is -2.29. The summed E-state index contributed by atoms with van der Waals surface area (Å²) in [6.45, 7) is 4.07. The minimum Gasteiger partial charge on any atom is -0.312 e. The van der Waals surface area contributed by atoms with Crippen LogP contribution in [0.1, 0.15) is 30.9 Å². The lowest BCUT2D eigenvalue weighted by Crippen LogP contribution is -2.40. The Morgan fingerprint density at radius 1 is 0.939 bits per heavy atom. The molecule has 0 saturated carbocycles. The first kappa shape index (κ1) is 21.2. The predicted molar refractivity (Wildman–Crippen MR) is 131 cm³/mol. The topological polar surface area (TPSA) is 65.1 Å². The highest BCUT2D eigenvalue weighted by molar-refractivity contribution is 5.77. The number of hydrogen-bond acceptors (Lipinski definition) is 4. The van der Waals surface area contributed by atoms with Gasteiger partial charge in [-0.1, -0.05) is 49.4 Å². The number of benzene rings is 2. The number of hydrogen-bond donors (Lipinski definition) is 0. The molecule has 0 radical (unpaired) electrons. The number of aromatic nitrogens is 4. The van der Waals surface area contributed by atoms with Crippen LogP contribution in [0.15, 0.2) is 64.2 Å². The fourth-order valence-electron chi connectivity index (χ4n) is 4.70. The second kappa shape index (κ2) is 8.73. The van der Waals surface area contributed by atoms with Gasteiger partial charge in [-0.2, -0.15) is 4.98 Å². The van der Waals surface area contributed by atoms with Gasteiger partial charge in [-0.3, -0.25) is 13.9 Å². The molecular weight excluding hydrogens is 414 g/mol. The molecule has 0 fully saturated rings. The van der Waals surface area contributed by atoms with Crippen LogP contribution in [-0.4, -0.2) is 25.2 Å². The number of nitrogens with zero attached hydrogens (tertiary/aromatic N) is 5. The summed E-state index contributed by atoms with van der Waals surface area (Å²) in [5.41, 5.74) is 3.95. The van der Waals surface area contributed by atoms with Crippen LogP contribution in [0.25, 0.3) is 11.2 Å². The summed E-state index contributed by atoms with van der Waals surface area (Å²) < 4.78 is 4.88. The Morgan fingerprint density at radius 2 is 1.70 bits per heavy atom. The Kier molecular flexibility index (Phi) is 5.62. The molecule has 170 valence electrons. The van der Waals surface area contributed by atoms with Crippen molar-refractivity contribution in [3.8, 4) is 0 Å². The van der Waals surface area contributed by atoms with Crippen LogP contribution in [0.5, 0.6) is 0 Å². The summed E-state index contributed by atoms with van der Waals surface area (Å²) in [6, 6.07) is 18.6. The molecule has 0 bridgehead atoms. The Labute approximate surface area is 192 Å². The number of imidazole rings is 1. The normalized spacial score (nSPS) is 13.5. The first-order chi connectivity index (χ1) is 16.1. The van der Waals surface area contributed by atoms with E-state index in [2.05, 4.69) is 48.2 Å². The molecule has 1 aliphatic rings. The van der Waals surface area contributed by atoms with Gasteiger partial charge in [0, 0.05) is 32.4 Å². The maximum atomic E-state index is 13.5. The van der Waals surface area contributed by atoms with E-state index in [0.717, 1.165) is 43.9 Å². The highest BCUT2D eigenvalue weighted by Gasteiger charge is 2.26. The smallest absolute Gasteiger partial charge is 0.312 e. The lowest BCUT2D eigenvalue weighted by atomic mass is 10.1. The highest BCUT2D eigenvalue weighted by Crippen LogP contribution is 2.31. The fraction of sp³-hybridized carbons (Fsp3) is 0.346. The third-order valence-electron chi connectivity index (χ3n) is 6.56. The first-order valence-corrected chi connectivity index (χ1v) is 11.7. The van der Waals surface area contributed by atoms with E-state index in [-0.39, 0.29) is 11.2 Å². The zero-order valence-electron chi connectivity index (χ0n) is 19.2. The van der Waals surface area contributed by atoms with Gasteiger partial charge in [-0.25, -0.2) is 4.79 Å². The summed E-state index contributed by atoms with van der Waals surface area (Å²) >= 11 is 0. The zero-order valence-corrected chi connectivity index (χ0v) is 19.2. The molecule has 4 aromatic rings. The van der Waals surface area contributed by atoms with E-state index in [9.17, 15) is 9.59 Å². The Balaban J connectivity index is 1.53. The molecule has 1 aliphatic heterocycles. The molecule has 2 aromatic carbocycles. The second-order valence-electron chi connectivity index (χ2n) is 8.65. The van der Waals surface area contributed by atoms with Gasteiger partial charge in [0.05, 0.1) is 0 Å². The zero-order chi connectivity index (χ0) is 22.9. The third-order valence-corrected chi connectivity index (χ3v) is 6.56. The molecule has 2 aromatic heterocycles. The number of anilines is 2. The van der Waals surface area contributed by atoms with Gasteiger partial charge in [0.2, 0.25) is 5.95 Å². The number of aryl methyl sites for hydroxylation is 4. The van der Waals surface area contributed by atoms with E-state index < -0.39 is 0 Å².